The monoisotopic (exact) mass is 433 g/mol. The first-order chi connectivity index (χ1) is 12.3. The van der Waals surface area contributed by atoms with Crippen LogP contribution in [-0.2, 0) is 21.2 Å². The number of sulfone groups is 1. The largest absolute Gasteiger partial charge is 0.482 e. The van der Waals surface area contributed by atoms with Crippen LogP contribution in [0, 0.1) is 0 Å². The number of amides is 1. The normalized spacial score (nSPS) is 18.6. The number of carbonyl (C=O) groups is 1. The van der Waals surface area contributed by atoms with Gasteiger partial charge in [-0.05, 0) is 36.1 Å². The highest BCUT2D eigenvalue weighted by Gasteiger charge is 2.35. The highest BCUT2D eigenvalue weighted by atomic mass is 35.5. The highest BCUT2D eigenvalue weighted by molar-refractivity contribution is 7.91. The third kappa shape index (κ3) is 4.91. The van der Waals surface area contributed by atoms with E-state index < -0.39 is 9.84 Å². The number of halogens is 2. The molecule has 1 aliphatic heterocycles. The van der Waals surface area contributed by atoms with Gasteiger partial charge < -0.3 is 9.64 Å². The van der Waals surface area contributed by atoms with Crippen molar-refractivity contribution < 1.29 is 17.9 Å². The number of nitrogens with zero attached hydrogens (tertiary/aromatic N) is 1. The summed E-state index contributed by atoms with van der Waals surface area (Å²) in [6, 6.07) is 8.25. The van der Waals surface area contributed by atoms with Gasteiger partial charge in [-0.1, -0.05) is 29.3 Å². The molecule has 3 rings (SSSR count). The molecule has 0 spiro atoms. The molecular weight excluding hydrogens is 417 g/mol. The second-order valence-electron chi connectivity index (χ2n) is 6.02. The number of hydrogen-bond acceptors (Lipinski definition) is 5. The summed E-state index contributed by atoms with van der Waals surface area (Å²) >= 11 is 13.4. The summed E-state index contributed by atoms with van der Waals surface area (Å²) in [5, 5.41) is 2.72. The molecule has 0 aliphatic carbocycles. The van der Waals surface area contributed by atoms with Gasteiger partial charge in [-0.25, -0.2) is 8.42 Å². The van der Waals surface area contributed by atoms with E-state index in [1.165, 1.54) is 17.4 Å². The van der Waals surface area contributed by atoms with Crippen molar-refractivity contribution in [3.63, 3.8) is 0 Å². The molecule has 1 saturated heterocycles. The summed E-state index contributed by atoms with van der Waals surface area (Å²) < 4.78 is 29.2. The fourth-order valence-electron chi connectivity index (χ4n) is 2.83. The van der Waals surface area contributed by atoms with E-state index in [0.29, 0.717) is 28.8 Å². The molecule has 9 heteroatoms. The van der Waals surface area contributed by atoms with Crippen molar-refractivity contribution in [2.24, 2.45) is 0 Å². The molecule has 140 valence electrons. The van der Waals surface area contributed by atoms with Crippen LogP contribution in [0.3, 0.4) is 0 Å². The second kappa shape index (κ2) is 8.17. The third-order valence-corrected chi connectivity index (χ3v) is 7.26. The topological polar surface area (TPSA) is 63.7 Å². The minimum atomic E-state index is -3.10. The number of thiophene rings is 1. The summed E-state index contributed by atoms with van der Waals surface area (Å²) in [4.78, 5) is 15.4. The smallest absolute Gasteiger partial charge is 0.261 e. The Labute approximate surface area is 166 Å². The second-order valence-corrected chi connectivity index (χ2v) is 10.1. The Morgan fingerprint density at radius 3 is 2.73 bits per heavy atom. The molecule has 0 radical (unpaired) electrons. The van der Waals surface area contributed by atoms with Crippen molar-refractivity contribution >= 4 is 50.3 Å². The number of rotatable bonds is 6. The van der Waals surface area contributed by atoms with Gasteiger partial charge in [-0.2, -0.15) is 0 Å². The predicted molar refractivity (Wildman–Crippen MR) is 104 cm³/mol. The Bertz CT molecular complexity index is 884. The average Bonchev–Trinajstić information content (AvgIpc) is 3.20. The predicted octanol–water partition coefficient (Wildman–Crippen LogP) is 3.65. The molecule has 1 unspecified atom stereocenters. The van der Waals surface area contributed by atoms with Gasteiger partial charge in [0.15, 0.2) is 16.4 Å². The van der Waals surface area contributed by atoms with Gasteiger partial charge in [0.1, 0.15) is 5.75 Å². The number of carbonyl (C=O) groups excluding carboxylic acids is 1. The van der Waals surface area contributed by atoms with E-state index in [0.717, 1.165) is 4.88 Å². The van der Waals surface area contributed by atoms with Crippen LogP contribution in [0.15, 0.2) is 35.7 Å². The van der Waals surface area contributed by atoms with E-state index in [-0.39, 0.29) is 30.1 Å². The molecule has 2 heterocycles. The maximum atomic E-state index is 12.8. The highest BCUT2D eigenvalue weighted by Crippen LogP contribution is 2.28. The molecule has 1 aromatic carbocycles. The summed E-state index contributed by atoms with van der Waals surface area (Å²) in [6.07, 6.45) is 0.446. The Morgan fingerprint density at radius 1 is 1.31 bits per heavy atom. The summed E-state index contributed by atoms with van der Waals surface area (Å²) in [7, 11) is -3.10. The average molecular weight is 434 g/mol. The zero-order chi connectivity index (χ0) is 18.7. The lowest BCUT2D eigenvalue weighted by Gasteiger charge is -2.28. The van der Waals surface area contributed by atoms with E-state index in [2.05, 4.69) is 0 Å². The molecule has 2 aromatic rings. The van der Waals surface area contributed by atoms with Crippen LogP contribution in [0.1, 0.15) is 11.3 Å². The summed E-state index contributed by atoms with van der Waals surface area (Å²) in [5.41, 5.74) is 0. The van der Waals surface area contributed by atoms with Crippen molar-refractivity contribution in [3.8, 4) is 5.75 Å². The lowest BCUT2D eigenvalue weighted by Crippen LogP contribution is -2.42. The zero-order valence-electron chi connectivity index (χ0n) is 13.7. The molecule has 1 amide bonds. The molecule has 0 N–H and O–H groups in total. The first-order valence-electron chi connectivity index (χ1n) is 7.94. The minimum Gasteiger partial charge on any atom is -0.482 e. The van der Waals surface area contributed by atoms with Crippen LogP contribution in [0.5, 0.6) is 5.75 Å². The van der Waals surface area contributed by atoms with Crippen LogP contribution in [0.25, 0.3) is 0 Å². The molecule has 1 aliphatic rings. The fraction of sp³-hybridized carbons (Fsp3) is 0.353. The molecule has 1 fully saturated rings. The van der Waals surface area contributed by atoms with E-state index in [1.54, 1.807) is 17.0 Å². The lowest BCUT2D eigenvalue weighted by molar-refractivity contribution is -0.135. The maximum Gasteiger partial charge on any atom is 0.261 e. The van der Waals surface area contributed by atoms with Crippen LogP contribution in [0.4, 0.5) is 0 Å². The van der Waals surface area contributed by atoms with Crippen LogP contribution in [-0.4, -0.2) is 43.4 Å². The fourth-order valence-corrected chi connectivity index (χ4v) is 5.72. The maximum absolute atomic E-state index is 12.8. The van der Waals surface area contributed by atoms with Crippen molar-refractivity contribution in [3.05, 3.63) is 50.6 Å². The van der Waals surface area contributed by atoms with Gasteiger partial charge in [-0.3, -0.25) is 4.79 Å². The molecule has 26 heavy (non-hydrogen) atoms. The van der Waals surface area contributed by atoms with Gasteiger partial charge in [0, 0.05) is 15.9 Å². The van der Waals surface area contributed by atoms with Gasteiger partial charge in [0.05, 0.1) is 23.1 Å². The SMILES string of the molecule is O=C(COc1ccc(Cl)cc1Cl)N(Cc1cccs1)C1CCS(=O)(=O)C1. The van der Waals surface area contributed by atoms with Crippen LogP contribution < -0.4 is 4.74 Å². The Morgan fingerprint density at radius 2 is 2.12 bits per heavy atom. The molecule has 1 aromatic heterocycles. The number of ether oxygens (including phenoxy) is 1. The van der Waals surface area contributed by atoms with Gasteiger partial charge in [-0.15, -0.1) is 11.3 Å². The lowest BCUT2D eigenvalue weighted by atomic mass is 10.2. The molecule has 0 saturated carbocycles. The van der Waals surface area contributed by atoms with E-state index >= 15 is 0 Å². The van der Waals surface area contributed by atoms with Crippen molar-refractivity contribution in [1.29, 1.82) is 0 Å². The van der Waals surface area contributed by atoms with E-state index in [1.807, 2.05) is 17.5 Å². The zero-order valence-corrected chi connectivity index (χ0v) is 16.9. The van der Waals surface area contributed by atoms with Crippen molar-refractivity contribution in [2.75, 3.05) is 18.1 Å². The van der Waals surface area contributed by atoms with Gasteiger partial charge in [0.25, 0.3) is 5.91 Å². The number of benzene rings is 1. The number of hydrogen-bond donors (Lipinski definition) is 0. The first-order valence-corrected chi connectivity index (χ1v) is 11.4. The van der Waals surface area contributed by atoms with Crippen LogP contribution in [0.2, 0.25) is 10.0 Å². The van der Waals surface area contributed by atoms with Crippen molar-refractivity contribution in [2.45, 2.75) is 19.0 Å². The molecule has 0 bridgehead atoms. The van der Waals surface area contributed by atoms with Gasteiger partial charge in [0.2, 0.25) is 0 Å². The third-order valence-electron chi connectivity index (χ3n) is 4.12. The summed E-state index contributed by atoms with van der Waals surface area (Å²) in [6.45, 7) is 0.150. The minimum absolute atomic E-state index is 0.00812. The summed E-state index contributed by atoms with van der Waals surface area (Å²) in [5.74, 6) is 0.188. The van der Waals surface area contributed by atoms with E-state index in [9.17, 15) is 13.2 Å². The molecule has 1 atom stereocenters. The Balaban J connectivity index is 1.71. The Hall–Kier alpha value is -1.28. The first kappa shape index (κ1) is 19.5. The van der Waals surface area contributed by atoms with Crippen LogP contribution >= 0.6 is 34.5 Å². The van der Waals surface area contributed by atoms with E-state index in [4.69, 9.17) is 27.9 Å². The van der Waals surface area contributed by atoms with Crippen molar-refractivity contribution in [1.82, 2.24) is 4.90 Å². The quantitative estimate of drug-likeness (QED) is 0.697. The van der Waals surface area contributed by atoms with Gasteiger partial charge >= 0.3 is 0 Å². The standard InChI is InChI=1S/C17H17Cl2NO4S2/c18-12-3-4-16(15(19)8-12)24-10-17(21)20(9-14-2-1-6-25-14)13-5-7-26(22,23)11-13/h1-4,6,8,13H,5,7,9-11H2. The molecule has 5 nitrogen and oxygen atoms in total. The Kier molecular flexibility index (Phi) is 6.12. The molecular formula is C17H17Cl2NO4S2.